The lowest BCUT2D eigenvalue weighted by atomic mass is 9.90. The summed E-state index contributed by atoms with van der Waals surface area (Å²) in [7, 11) is 0. The molecule has 0 N–H and O–H groups in total. The van der Waals surface area contributed by atoms with E-state index in [0.29, 0.717) is 6.20 Å². The standard InChI is InChI=1S/C17H12F5NO/c18-16(19)8-6-13-14(15(16)24)12(17(20,21)22)10-23(13)9-7-11-4-2-1-3-5-11/h1-5,7,9-10H,6,8H2. The zero-order valence-corrected chi connectivity index (χ0v) is 12.3. The fourth-order valence-corrected chi connectivity index (χ4v) is 2.72. The van der Waals surface area contributed by atoms with E-state index >= 15 is 0 Å². The van der Waals surface area contributed by atoms with Gasteiger partial charge in [-0.2, -0.15) is 22.0 Å². The van der Waals surface area contributed by atoms with E-state index in [9.17, 15) is 26.7 Å². The van der Waals surface area contributed by atoms with Crippen LogP contribution in [-0.2, 0) is 12.6 Å². The molecule has 0 unspecified atom stereocenters. The highest BCUT2D eigenvalue weighted by Gasteiger charge is 2.49. The van der Waals surface area contributed by atoms with E-state index in [2.05, 4.69) is 0 Å². The fourth-order valence-electron chi connectivity index (χ4n) is 2.72. The third-order valence-corrected chi connectivity index (χ3v) is 3.91. The van der Waals surface area contributed by atoms with Crippen LogP contribution in [0.1, 0.15) is 33.6 Å². The molecule has 1 aliphatic rings. The van der Waals surface area contributed by atoms with Crippen LogP contribution >= 0.6 is 0 Å². The van der Waals surface area contributed by atoms with Crippen LogP contribution in [0.5, 0.6) is 0 Å². The highest BCUT2D eigenvalue weighted by atomic mass is 19.4. The van der Waals surface area contributed by atoms with E-state index in [1.807, 2.05) is 0 Å². The molecule has 2 aromatic rings. The monoisotopic (exact) mass is 341 g/mol. The number of aromatic nitrogens is 1. The number of fused-ring (bicyclic) bond motifs is 1. The van der Waals surface area contributed by atoms with E-state index < -0.39 is 35.4 Å². The molecule has 0 saturated heterocycles. The first-order valence-corrected chi connectivity index (χ1v) is 7.17. The largest absolute Gasteiger partial charge is 0.418 e. The molecule has 1 aromatic carbocycles. The van der Waals surface area contributed by atoms with Crippen molar-refractivity contribution in [3.8, 4) is 0 Å². The third kappa shape index (κ3) is 2.86. The SMILES string of the molecule is O=C1c2c(C(F)(F)F)cn(C=Cc3ccccc3)c2CCC1(F)F. The number of ketones is 1. The van der Waals surface area contributed by atoms with Gasteiger partial charge in [-0.15, -0.1) is 0 Å². The summed E-state index contributed by atoms with van der Waals surface area (Å²) in [4.78, 5) is 11.8. The van der Waals surface area contributed by atoms with Gasteiger partial charge in [-0.05, 0) is 18.1 Å². The van der Waals surface area contributed by atoms with Gasteiger partial charge >= 0.3 is 12.1 Å². The topological polar surface area (TPSA) is 22.0 Å². The first-order chi connectivity index (χ1) is 11.2. The average Bonchev–Trinajstić information content (AvgIpc) is 2.89. The molecular formula is C17H12F5NO. The number of hydrogen-bond donors (Lipinski definition) is 0. The lowest BCUT2D eigenvalue weighted by molar-refractivity contribution is -0.138. The number of Topliss-reactive ketones (excluding diaryl/α,β-unsaturated/α-hetero) is 1. The van der Waals surface area contributed by atoms with Crippen molar-refractivity contribution in [2.24, 2.45) is 0 Å². The Morgan fingerprint density at radius 1 is 1.12 bits per heavy atom. The molecule has 0 radical (unpaired) electrons. The first kappa shape index (κ1) is 16.4. The smallest absolute Gasteiger partial charge is 0.326 e. The van der Waals surface area contributed by atoms with Crippen LogP contribution in [0.4, 0.5) is 22.0 Å². The summed E-state index contributed by atoms with van der Waals surface area (Å²) in [6, 6.07) is 8.80. The molecule has 3 rings (SSSR count). The van der Waals surface area contributed by atoms with Crippen LogP contribution in [0.2, 0.25) is 0 Å². The first-order valence-electron chi connectivity index (χ1n) is 7.17. The number of benzene rings is 1. The predicted molar refractivity (Wildman–Crippen MR) is 78.7 cm³/mol. The molecular weight excluding hydrogens is 329 g/mol. The van der Waals surface area contributed by atoms with Crippen molar-refractivity contribution in [1.29, 1.82) is 0 Å². The minimum Gasteiger partial charge on any atom is -0.326 e. The molecule has 0 spiro atoms. The van der Waals surface area contributed by atoms with Crippen LogP contribution in [0.15, 0.2) is 36.5 Å². The Balaban J connectivity index is 2.10. The highest BCUT2D eigenvalue weighted by Crippen LogP contribution is 2.41. The Kier molecular flexibility index (Phi) is 3.81. The number of rotatable bonds is 2. The molecule has 2 nitrogen and oxygen atoms in total. The second-order valence-corrected chi connectivity index (χ2v) is 5.53. The number of carbonyl (C=O) groups excluding carboxylic acids is 1. The van der Waals surface area contributed by atoms with Gasteiger partial charge in [0.2, 0.25) is 5.78 Å². The molecule has 24 heavy (non-hydrogen) atoms. The Morgan fingerprint density at radius 3 is 2.42 bits per heavy atom. The normalized spacial score (nSPS) is 17.3. The number of alkyl halides is 5. The van der Waals surface area contributed by atoms with Gasteiger partial charge in [0.25, 0.3) is 0 Å². The highest BCUT2D eigenvalue weighted by molar-refractivity contribution is 6.05. The van der Waals surface area contributed by atoms with Gasteiger partial charge in [-0.3, -0.25) is 4.79 Å². The molecule has 0 fully saturated rings. The maximum Gasteiger partial charge on any atom is 0.418 e. The Morgan fingerprint density at radius 2 is 1.79 bits per heavy atom. The zero-order chi connectivity index (χ0) is 17.5. The summed E-state index contributed by atoms with van der Waals surface area (Å²) >= 11 is 0. The zero-order valence-electron chi connectivity index (χ0n) is 12.3. The molecule has 7 heteroatoms. The third-order valence-electron chi connectivity index (χ3n) is 3.91. The predicted octanol–water partition coefficient (Wildman–Crippen LogP) is 4.90. The molecule has 1 aliphatic carbocycles. The van der Waals surface area contributed by atoms with Gasteiger partial charge in [0.1, 0.15) is 0 Å². The second-order valence-electron chi connectivity index (χ2n) is 5.53. The fraction of sp³-hybridized carbons (Fsp3) is 0.235. The maximum atomic E-state index is 13.6. The summed E-state index contributed by atoms with van der Waals surface area (Å²) in [5, 5.41) is 0. The Labute approximate surface area is 134 Å². The van der Waals surface area contributed by atoms with Crippen molar-refractivity contribution in [2.75, 3.05) is 0 Å². The molecule has 1 heterocycles. The van der Waals surface area contributed by atoms with Crippen LogP contribution in [0.3, 0.4) is 0 Å². The molecule has 0 bridgehead atoms. The Hall–Kier alpha value is -2.44. The van der Waals surface area contributed by atoms with Crippen molar-refractivity contribution in [3.63, 3.8) is 0 Å². The lowest BCUT2D eigenvalue weighted by Gasteiger charge is -2.22. The number of hydrogen-bond acceptors (Lipinski definition) is 1. The molecule has 0 atom stereocenters. The van der Waals surface area contributed by atoms with Crippen LogP contribution in [-0.4, -0.2) is 16.3 Å². The van der Waals surface area contributed by atoms with Crippen LogP contribution in [0.25, 0.3) is 12.3 Å². The van der Waals surface area contributed by atoms with Crippen LogP contribution < -0.4 is 0 Å². The minimum absolute atomic E-state index is 0.0366. The van der Waals surface area contributed by atoms with Gasteiger partial charge in [-0.25, -0.2) is 0 Å². The molecule has 0 aliphatic heterocycles. The number of nitrogens with zero attached hydrogens (tertiary/aromatic N) is 1. The summed E-state index contributed by atoms with van der Waals surface area (Å²) in [5.74, 6) is -5.52. The van der Waals surface area contributed by atoms with E-state index in [4.69, 9.17) is 0 Å². The van der Waals surface area contributed by atoms with Gasteiger partial charge in [0, 0.05) is 24.5 Å². The van der Waals surface area contributed by atoms with Gasteiger partial charge in [0.15, 0.2) is 0 Å². The van der Waals surface area contributed by atoms with Crippen molar-refractivity contribution in [2.45, 2.75) is 24.9 Å². The molecule has 0 amide bonds. The van der Waals surface area contributed by atoms with Crippen molar-refractivity contribution < 1.29 is 26.7 Å². The van der Waals surface area contributed by atoms with Crippen molar-refractivity contribution in [3.05, 3.63) is 58.9 Å². The molecule has 126 valence electrons. The summed E-state index contributed by atoms with van der Waals surface area (Å²) < 4.78 is 67.7. The van der Waals surface area contributed by atoms with Crippen molar-refractivity contribution in [1.82, 2.24) is 4.57 Å². The van der Waals surface area contributed by atoms with E-state index in [0.717, 1.165) is 10.1 Å². The number of halogens is 5. The van der Waals surface area contributed by atoms with Crippen LogP contribution in [0, 0.1) is 0 Å². The summed E-state index contributed by atoms with van der Waals surface area (Å²) in [6.07, 6.45) is -2.37. The molecule has 1 aromatic heterocycles. The van der Waals surface area contributed by atoms with E-state index in [1.54, 1.807) is 36.4 Å². The van der Waals surface area contributed by atoms with E-state index in [-0.39, 0.29) is 12.1 Å². The number of carbonyl (C=O) groups is 1. The summed E-state index contributed by atoms with van der Waals surface area (Å²) in [5.41, 5.74) is -1.54. The van der Waals surface area contributed by atoms with E-state index in [1.165, 1.54) is 6.20 Å². The quantitative estimate of drug-likeness (QED) is 0.712. The minimum atomic E-state index is -4.88. The van der Waals surface area contributed by atoms with Crippen molar-refractivity contribution >= 4 is 18.1 Å². The Bertz CT molecular complexity index is 802. The second kappa shape index (κ2) is 5.58. The van der Waals surface area contributed by atoms with Gasteiger partial charge in [-0.1, -0.05) is 30.3 Å². The average molecular weight is 341 g/mol. The molecule has 0 saturated carbocycles. The summed E-state index contributed by atoms with van der Waals surface area (Å²) in [6.45, 7) is 0. The lowest BCUT2D eigenvalue weighted by Crippen LogP contribution is -2.35. The van der Waals surface area contributed by atoms with Gasteiger partial charge < -0.3 is 4.57 Å². The maximum absolute atomic E-state index is 13.6. The van der Waals surface area contributed by atoms with Gasteiger partial charge in [0.05, 0.1) is 11.1 Å².